The third-order valence-corrected chi connectivity index (χ3v) is 8.80. The van der Waals surface area contributed by atoms with Crippen LogP contribution in [-0.2, 0) is 6.42 Å². The van der Waals surface area contributed by atoms with E-state index in [1.807, 2.05) is 6.20 Å². The standard InChI is InChI=1S/C26H32N6O/c1-15-6-22-19(4-5-33-22)8-20(15)29-24-28-13-21-23(30-24)32(16(2)31(21)3)26-11-17-7-18(12-26)10-25(27,9-17)14-26/h6,8,13,17-18H,2,4-5,7,9-12,14,27H2,1,3H3,(H,28,29,30). The van der Waals surface area contributed by atoms with Crippen molar-refractivity contribution in [3.05, 3.63) is 41.9 Å². The van der Waals surface area contributed by atoms with Crippen LogP contribution in [0.5, 0.6) is 5.75 Å². The van der Waals surface area contributed by atoms with Crippen molar-refractivity contribution < 1.29 is 4.74 Å². The fraction of sp³-hybridized carbons (Fsp3) is 0.538. The highest BCUT2D eigenvalue weighted by atomic mass is 16.5. The summed E-state index contributed by atoms with van der Waals surface area (Å²) in [7, 11) is 2.07. The van der Waals surface area contributed by atoms with Gasteiger partial charge in [0.25, 0.3) is 0 Å². The maximum absolute atomic E-state index is 6.94. The highest BCUT2D eigenvalue weighted by Gasteiger charge is 2.60. The van der Waals surface area contributed by atoms with Gasteiger partial charge in [-0.2, -0.15) is 4.98 Å². The highest BCUT2D eigenvalue weighted by Crippen LogP contribution is 2.61. The smallest absolute Gasteiger partial charge is 0.229 e. The van der Waals surface area contributed by atoms with Gasteiger partial charge in [-0.3, -0.25) is 0 Å². The second kappa shape index (κ2) is 6.41. The van der Waals surface area contributed by atoms with E-state index in [1.165, 1.54) is 37.7 Å². The van der Waals surface area contributed by atoms with Crippen LogP contribution in [0.15, 0.2) is 30.7 Å². The van der Waals surface area contributed by atoms with E-state index in [4.69, 9.17) is 15.5 Å². The molecule has 4 aliphatic carbocycles. The molecule has 2 aromatic rings. The predicted octanol–water partition coefficient (Wildman–Crippen LogP) is 4.24. The van der Waals surface area contributed by atoms with Crippen LogP contribution >= 0.6 is 0 Å². The fourth-order valence-corrected chi connectivity index (χ4v) is 7.87. The number of hydrogen-bond acceptors (Lipinski definition) is 7. The number of hydrogen-bond donors (Lipinski definition) is 2. The van der Waals surface area contributed by atoms with Crippen LogP contribution in [-0.4, -0.2) is 34.7 Å². The molecule has 2 atom stereocenters. The van der Waals surface area contributed by atoms with Crippen LogP contribution < -0.4 is 25.6 Å². The highest BCUT2D eigenvalue weighted by molar-refractivity contribution is 5.81. The van der Waals surface area contributed by atoms with Crippen LogP contribution in [0.25, 0.3) is 0 Å². The van der Waals surface area contributed by atoms with Crippen molar-refractivity contribution in [2.45, 2.75) is 62.9 Å². The van der Waals surface area contributed by atoms with E-state index in [0.29, 0.717) is 17.8 Å². The zero-order chi connectivity index (χ0) is 22.5. The lowest BCUT2D eigenvalue weighted by Gasteiger charge is -2.63. The first-order chi connectivity index (χ1) is 15.8. The predicted molar refractivity (Wildman–Crippen MR) is 130 cm³/mol. The van der Waals surface area contributed by atoms with E-state index in [9.17, 15) is 0 Å². The molecule has 2 aliphatic heterocycles. The Labute approximate surface area is 195 Å². The quantitative estimate of drug-likeness (QED) is 0.733. The molecule has 33 heavy (non-hydrogen) atoms. The molecule has 4 saturated carbocycles. The largest absolute Gasteiger partial charge is 0.493 e. The zero-order valence-corrected chi connectivity index (χ0v) is 19.5. The number of ether oxygens (including phenoxy) is 1. The molecule has 7 nitrogen and oxygen atoms in total. The molecule has 172 valence electrons. The first-order valence-electron chi connectivity index (χ1n) is 12.2. The van der Waals surface area contributed by atoms with Crippen LogP contribution in [0.2, 0.25) is 0 Å². The number of nitrogens with one attached hydrogen (secondary N) is 1. The van der Waals surface area contributed by atoms with Gasteiger partial charge in [-0.25, -0.2) is 4.98 Å². The molecule has 4 fully saturated rings. The van der Waals surface area contributed by atoms with Gasteiger partial charge < -0.3 is 25.6 Å². The molecule has 0 saturated heterocycles. The first kappa shape index (κ1) is 19.6. The molecule has 1 aromatic carbocycles. The minimum Gasteiger partial charge on any atom is -0.493 e. The lowest BCUT2D eigenvalue weighted by Crippen LogP contribution is -2.68. The number of nitrogens with zero attached hydrogens (tertiary/aromatic N) is 4. The third kappa shape index (κ3) is 2.78. The van der Waals surface area contributed by atoms with E-state index in [0.717, 1.165) is 53.8 Å². The summed E-state index contributed by atoms with van der Waals surface area (Å²) in [5.74, 6) is 5.01. The molecule has 2 unspecified atom stereocenters. The second-order valence-electron chi connectivity index (χ2n) is 11.3. The topological polar surface area (TPSA) is 79.5 Å². The molecule has 0 radical (unpaired) electrons. The summed E-state index contributed by atoms with van der Waals surface area (Å²) in [6.07, 6.45) is 9.95. The molecule has 3 N–H and O–H groups in total. The van der Waals surface area contributed by atoms with Gasteiger partial charge in [0.15, 0.2) is 5.82 Å². The monoisotopic (exact) mass is 444 g/mol. The van der Waals surface area contributed by atoms with Gasteiger partial charge in [0.2, 0.25) is 5.95 Å². The van der Waals surface area contributed by atoms with Gasteiger partial charge in [-0.15, -0.1) is 0 Å². The molecule has 1 aromatic heterocycles. The Kier molecular flexibility index (Phi) is 3.82. The number of benzene rings is 1. The zero-order valence-electron chi connectivity index (χ0n) is 19.5. The van der Waals surface area contributed by atoms with Gasteiger partial charge >= 0.3 is 0 Å². The summed E-state index contributed by atoms with van der Waals surface area (Å²) in [4.78, 5) is 14.3. The van der Waals surface area contributed by atoms with Gasteiger partial charge in [-0.05, 0) is 80.5 Å². The minimum absolute atomic E-state index is 0.0157. The van der Waals surface area contributed by atoms with Gasteiger partial charge in [-0.1, -0.05) is 6.58 Å². The molecular weight excluding hydrogens is 412 g/mol. The van der Waals surface area contributed by atoms with Crippen LogP contribution in [0.1, 0.15) is 49.7 Å². The Morgan fingerprint density at radius 1 is 1.21 bits per heavy atom. The Bertz CT molecular complexity index is 1180. The molecule has 3 heterocycles. The Morgan fingerprint density at radius 2 is 2.00 bits per heavy atom. The van der Waals surface area contributed by atoms with Crippen LogP contribution in [0, 0.1) is 18.8 Å². The molecule has 8 rings (SSSR count). The first-order valence-corrected chi connectivity index (χ1v) is 12.2. The second-order valence-corrected chi connectivity index (χ2v) is 11.3. The number of aryl methyl sites for hydroxylation is 1. The van der Waals surface area contributed by atoms with Crippen molar-refractivity contribution in [1.29, 1.82) is 0 Å². The lowest BCUT2D eigenvalue weighted by atomic mass is 9.49. The van der Waals surface area contributed by atoms with E-state index >= 15 is 0 Å². The van der Waals surface area contributed by atoms with Crippen molar-refractivity contribution in [1.82, 2.24) is 9.97 Å². The van der Waals surface area contributed by atoms with Crippen molar-refractivity contribution in [2.75, 3.05) is 28.8 Å². The summed E-state index contributed by atoms with van der Waals surface area (Å²) < 4.78 is 5.72. The number of anilines is 4. The molecular formula is C26H32N6O. The van der Waals surface area contributed by atoms with E-state index in [2.05, 4.69) is 52.8 Å². The summed E-state index contributed by atoms with van der Waals surface area (Å²) >= 11 is 0. The Hall–Kier alpha value is -2.80. The number of fused-ring (bicyclic) bond motifs is 2. The van der Waals surface area contributed by atoms with Crippen molar-refractivity contribution >= 4 is 23.1 Å². The van der Waals surface area contributed by atoms with Crippen LogP contribution in [0.3, 0.4) is 0 Å². The average Bonchev–Trinajstić information content (AvgIpc) is 3.28. The summed E-state index contributed by atoms with van der Waals surface area (Å²) in [6.45, 7) is 7.33. The third-order valence-electron chi connectivity index (χ3n) is 8.80. The number of rotatable bonds is 3. The SMILES string of the molecule is C=C1N(C)c2cnc(Nc3cc4c(cc3C)OCC4)nc2N1C12CC3CC(CC(N)(C3)C1)C2. The summed E-state index contributed by atoms with van der Waals surface area (Å²) in [6, 6.07) is 4.28. The normalized spacial score (nSPS) is 33.4. The molecule has 0 amide bonds. The van der Waals surface area contributed by atoms with E-state index in [1.54, 1.807) is 0 Å². The summed E-state index contributed by atoms with van der Waals surface area (Å²) in [5.41, 5.74) is 11.3. The fourth-order valence-electron chi connectivity index (χ4n) is 7.87. The van der Waals surface area contributed by atoms with Crippen molar-refractivity contribution in [3.8, 4) is 5.75 Å². The molecule has 6 aliphatic rings. The maximum Gasteiger partial charge on any atom is 0.229 e. The number of aromatic nitrogens is 2. The Balaban J connectivity index is 1.27. The molecule has 7 heteroatoms. The molecule has 0 spiro atoms. The maximum atomic E-state index is 6.94. The minimum atomic E-state index is -0.0383. The van der Waals surface area contributed by atoms with Gasteiger partial charge in [0.05, 0.1) is 18.3 Å². The van der Waals surface area contributed by atoms with Crippen LogP contribution in [0.4, 0.5) is 23.1 Å². The lowest BCUT2D eigenvalue weighted by molar-refractivity contribution is -0.0185. The average molecular weight is 445 g/mol. The van der Waals surface area contributed by atoms with Gasteiger partial charge in [0.1, 0.15) is 17.3 Å². The van der Waals surface area contributed by atoms with Crippen molar-refractivity contribution in [3.63, 3.8) is 0 Å². The van der Waals surface area contributed by atoms with E-state index < -0.39 is 0 Å². The van der Waals surface area contributed by atoms with E-state index in [-0.39, 0.29) is 11.1 Å². The Morgan fingerprint density at radius 3 is 2.76 bits per heavy atom. The summed E-state index contributed by atoms with van der Waals surface area (Å²) in [5, 5.41) is 3.49. The van der Waals surface area contributed by atoms with Crippen molar-refractivity contribution in [2.24, 2.45) is 17.6 Å². The number of nitrogens with two attached hydrogens (primary N) is 1. The van der Waals surface area contributed by atoms with Gasteiger partial charge in [0, 0.05) is 24.7 Å². The molecule has 4 bridgehead atoms.